The Morgan fingerprint density at radius 3 is 2.00 bits per heavy atom. The lowest BCUT2D eigenvalue weighted by Gasteiger charge is -2.17. The second-order valence-electron chi connectivity index (χ2n) is 5.37. The summed E-state index contributed by atoms with van der Waals surface area (Å²) in [4.78, 5) is 0. The maximum Gasteiger partial charge on any atom is 0.267 e. The van der Waals surface area contributed by atoms with E-state index in [9.17, 15) is 18.1 Å². The number of rotatable bonds is 12. The van der Waals surface area contributed by atoms with Crippen molar-refractivity contribution in [1.82, 2.24) is 0 Å². The molecule has 0 rings (SSSR count). The average molecular weight is 294 g/mol. The van der Waals surface area contributed by atoms with Crippen molar-refractivity contribution in [2.24, 2.45) is 0 Å². The van der Waals surface area contributed by atoms with Crippen LogP contribution < -0.4 is 0 Å². The van der Waals surface area contributed by atoms with Gasteiger partial charge in [-0.25, -0.2) is 0 Å². The summed E-state index contributed by atoms with van der Waals surface area (Å²) in [5.74, 6) is 0. The highest BCUT2D eigenvalue weighted by Crippen LogP contribution is 2.18. The third-order valence-corrected chi connectivity index (χ3v) is 4.73. The van der Waals surface area contributed by atoms with Crippen molar-refractivity contribution in [2.45, 2.75) is 89.4 Å². The summed E-state index contributed by atoms with van der Waals surface area (Å²) in [5, 5.41) is 8.87. The third-order valence-electron chi connectivity index (χ3n) is 3.46. The summed E-state index contributed by atoms with van der Waals surface area (Å²) in [7, 11) is -4.04. The number of aliphatic hydroxyl groups is 1. The maximum atomic E-state index is 11.3. The molecule has 0 spiro atoms. The maximum absolute atomic E-state index is 11.3. The van der Waals surface area contributed by atoms with Gasteiger partial charge >= 0.3 is 0 Å². The van der Waals surface area contributed by atoms with Crippen molar-refractivity contribution >= 4 is 10.1 Å². The van der Waals surface area contributed by atoms with Crippen LogP contribution in [0.4, 0.5) is 0 Å². The zero-order chi connectivity index (χ0) is 14.7. The molecule has 0 aromatic heterocycles. The Kier molecular flexibility index (Phi) is 10.6. The van der Waals surface area contributed by atoms with Crippen molar-refractivity contribution in [1.29, 1.82) is 0 Å². The van der Waals surface area contributed by atoms with Crippen LogP contribution in [0, 0.1) is 0 Å². The molecule has 5 heteroatoms. The lowest BCUT2D eigenvalue weighted by molar-refractivity contribution is 0.149. The van der Waals surface area contributed by atoms with Gasteiger partial charge in [-0.15, -0.1) is 0 Å². The molecule has 0 radical (unpaired) electrons. The predicted molar refractivity (Wildman–Crippen MR) is 78.9 cm³/mol. The van der Waals surface area contributed by atoms with E-state index in [1.54, 1.807) is 0 Å². The highest BCUT2D eigenvalue weighted by molar-refractivity contribution is 7.86. The summed E-state index contributed by atoms with van der Waals surface area (Å²) in [6.07, 6.45) is 7.88. The van der Waals surface area contributed by atoms with E-state index < -0.39 is 21.5 Å². The molecule has 0 aliphatic carbocycles. The summed E-state index contributed by atoms with van der Waals surface area (Å²) >= 11 is 0. The lowest BCUT2D eigenvalue weighted by Crippen LogP contribution is -2.26. The zero-order valence-electron chi connectivity index (χ0n) is 12.3. The first kappa shape index (κ1) is 18.9. The predicted octanol–water partition coefficient (Wildman–Crippen LogP) is 3.54. The van der Waals surface area contributed by atoms with Crippen molar-refractivity contribution in [3.63, 3.8) is 0 Å². The molecule has 19 heavy (non-hydrogen) atoms. The van der Waals surface area contributed by atoms with Gasteiger partial charge in [0.05, 0.1) is 11.4 Å². The molecule has 0 bridgehead atoms. The average Bonchev–Trinajstić information content (AvgIpc) is 2.31. The summed E-state index contributed by atoms with van der Waals surface area (Å²) < 4.78 is 31.8. The van der Waals surface area contributed by atoms with Crippen LogP contribution in [-0.2, 0) is 10.1 Å². The number of unbranched alkanes of at least 4 members (excludes halogenated alkanes) is 5. The van der Waals surface area contributed by atoms with Crippen molar-refractivity contribution in [3.8, 4) is 0 Å². The smallest absolute Gasteiger partial charge is 0.267 e. The molecule has 0 aliphatic heterocycles. The quantitative estimate of drug-likeness (QED) is 0.426. The third kappa shape index (κ3) is 10.3. The Bertz CT molecular complexity index is 301. The van der Waals surface area contributed by atoms with Crippen LogP contribution in [0.3, 0.4) is 0 Å². The van der Waals surface area contributed by atoms with Crippen LogP contribution in [0.15, 0.2) is 0 Å². The van der Waals surface area contributed by atoms with Crippen LogP contribution in [0.1, 0.15) is 78.1 Å². The first-order valence-electron chi connectivity index (χ1n) is 7.56. The molecule has 4 nitrogen and oxygen atoms in total. The SMILES string of the molecule is CCCCCCCCC(CC(O)CCC)S(=O)(=O)O. The molecule has 116 valence electrons. The molecule has 0 fully saturated rings. The normalized spacial score (nSPS) is 15.4. The van der Waals surface area contributed by atoms with E-state index in [1.807, 2.05) is 6.92 Å². The summed E-state index contributed by atoms with van der Waals surface area (Å²) in [6.45, 7) is 4.10. The van der Waals surface area contributed by atoms with E-state index in [0.717, 1.165) is 25.7 Å². The summed E-state index contributed by atoms with van der Waals surface area (Å²) in [6, 6.07) is 0. The van der Waals surface area contributed by atoms with Crippen LogP contribution in [0.2, 0.25) is 0 Å². The molecular weight excluding hydrogens is 264 g/mol. The molecular formula is C14H30O4S. The van der Waals surface area contributed by atoms with Gasteiger partial charge in [0.15, 0.2) is 0 Å². The van der Waals surface area contributed by atoms with Gasteiger partial charge in [0.2, 0.25) is 0 Å². The Balaban J connectivity index is 4.02. The van der Waals surface area contributed by atoms with Crippen molar-refractivity contribution in [2.75, 3.05) is 0 Å². The minimum Gasteiger partial charge on any atom is -0.393 e. The highest BCUT2D eigenvalue weighted by Gasteiger charge is 2.25. The van der Waals surface area contributed by atoms with Gasteiger partial charge < -0.3 is 5.11 Å². The lowest BCUT2D eigenvalue weighted by atomic mass is 10.0. The van der Waals surface area contributed by atoms with E-state index >= 15 is 0 Å². The zero-order valence-corrected chi connectivity index (χ0v) is 13.2. The monoisotopic (exact) mass is 294 g/mol. The van der Waals surface area contributed by atoms with Crippen LogP contribution in [-0.4, -0.2) is 29.4 Å². The highest BCUT2D eigenvalue weighted by atomic mass is 32.2. The van der Waals surface area contributed by atoms with Gasteiger partial charge in [0.1, 0.15) is 0 Å². The van der Waals surface area contributed by atoms with E-state index in [1.165, 1.54) is 19.3 Å². The van der Waals surface area contributed by atoms with Gasteiger partial charge in [-0.3, -0.25) is 4.55 Å². The number of hydrogen-bond acceptors (Lipinski definition) is 3. The second kappa shape index (κ2) is 10.6. The molecule has 0 aromatic rings. The Labute approximate surface area is 118 Å². The van der Waals surface area contributed by atoms with E-state index in [-0.39, 0.29) is 6.42 Å². The summed E-state index contributed by atoms with van der Waals surface area (Å²) in [5.41, 5.74) is 0. The first-order valence-corrected chi connectivity index (χ1v) is 9.06. The van der Waals surface area contributed by atoms with Crippen LogP contribution in [0.25, 0.3) is 0 Å². The molecule has 2 atom stereocenters. The van der Waals surface area contributed by atoms with Crippen LogP contribution >= 0.6 is 0 Å². The van der Waals surface area contributed by atoms with Crippen molar-refractivity contribution in [3.05, 3.63) is 0 Å². The van der Waals surface area contributed by atoms with E-state index in [0.29, 0.717) is 12.8 Å². The minimum atomic E-state index is -4.04. The molecule has 2 unspecified atom stereocenters. The largest absolute Gasteiger partial charge is 0.393 e. The van der Waals surface area contributed by atoms with Gasteiger partial charge in [-0.05, 0) is 19.3 Å². The second-order valence-corrected chi connectivity index (χ2v) is 7.07. The molecule has 0 heterocycles. The molecule has 0 aliphatic rings. The van der Waals surface area contributed by atoms with Gasteiger partial charge in [-0.2, -0.15) is 8.42 Å². The minimum absolute atomic E-state index is 0.154. The fraction of sp³-hybridized carbons (Fsp3) is 1.00. The first-order chi connectivity index (χ1) is 8.91. The van der Waals surface area contributed by atoms with E-state index in [4.69, 9.17) is 0 Å². The van der Waals surface area contributed by atoms with E-state index in [2.05, 4.69) is 6.92 Å². The Hall–Kier alpha value is -0.130. The van der Waals surface area contributed by atoms with Crippen molar-refractivity contribution < 1.29 is 18.1 Å². The van der Waals surface area contributed by atoms with Crippen LogP contribution in [0.5, 0.6) is 0 Å². The molecule has 0 saturated heterocycles. The Morgan fingerprint density at radius 2 is 1.47 bits per heavy atom. The Morgan fingerprint density at radius 1 is 0.895 bits per heavy atom. The number of hydrogen-bond donors (Lipinski definition) is 2. The van der Waals surface area contributed by atoms with Gasteiger partial charge in [0.25, 0.3) is 10.1 Å². The van der Waals surface area contributed by atoms with Gasteiger partial charge in [-0.1, -0.05) is 58.8 Å². The molecule has 0 aromatic carbocycles. The van der Waals surface area contributed by atoms with Gasteiger partial charge in [0, 0.05) is 0 Å². The molecule has 0 amide bonds. The molecule has 0 saturated carbocycles. The number of aliphatic hydroxyl groups excluding tert-OH is 1. The molecule has 2 N–H and O–H groups in total. The fourth-order valence-electron chi connectivity index (χ4n) is 2.30. The topological polar surface area (TPSA) is 74.6 Å². The fourth-order valence-corrected chi connectivity index (χ4v) is 3.23. The standard InChI is InChI=1S/C14H30O4S/c1-3-5-6-7-8-9-11-14(19(16,17)18)12-13(15)10-4-2/h13-15H,3-12H2,1-2H3,(H,16,17,18).